The van der Waals surface area contributed by atoms with Crippen LogP contribution in [0.4, 0.5) is 32.0 Å². The second-order valence-electron chi connectivity index (χ2n) is 6.54. The van der Waals surface area contributed by atoms with Gasteiger partial charge in [0.05, 0.1) is 15.3 Å². The first-order valence-electron chi connectivity index (χ1n) is 11.9. The molecule has 0 bridgehead atoms. The van der Waals surface area contributed by atoms with Gasteiger partial charge in [-0.1, -0.05) is 0 Å². The van der Waals surface area contributed by atoms with E-state index < -0.39 is 89.9 Å². The molecule has 178 valence electrons. The van der Waals surface area contributed by atoms with Gasteiger partial charge >= 0.3 is 12.8 Å². The number of aromatic nitrogens is 2. The van der Waals surface area contributed by atoms with Crippen LogP contribution in [-0.2, 0) is 27.6 Å². The maximum atomic E-state index is 14.3. The van der Waals surface area contributed by atoms with E-state index in [1.807, 2.05) is 0 Å². The van der Waals surface area contributed by atoms with Gasteiger partial charge in [-0.3, -0.25) is 4.72 Å². The molecule has 1 aliphatic carbocycles. The average Bonchev–Trinajstić information content (AvgIpc) is 3.11. The van der Waals surface area contributed by atoms with Gasteiger partial charge in [0.1, 0.15) is 10.6 Å². The van der Waals surface area contributed by atoms with Crippen LogP contribution >= 0.6 is 0 Å². The predicted molar refractivity (Wildman–Crippen MR) is 96.8 cm³/mol. The summed E-state index contributed by atoms with van der Waals surface area (Å²) >= 11 is 0. The van der Waals surface area contributed by atoms with Crippen molar-refractivity contribution in [1.82, 2.24) is 9.97 Å². The summed E-state index contributed by atoms with van der Waals surface area (Å²) in [6.45, 7) is -4.72. The third-order valence-corrected chi connectivity index (χ3v) is 6.14. The Balaban J connectivity index is 2.00. The molecule has 0 aliphatic heterocycles. The molecule has 0 aromatic carbocycles. The van der Waals surface area contributed by atoms with Crippen molar-refractivity contribution < 1.29 is 58.6 Å². The number of hydrogen-bond acceptors (Lipinski definition) is 6. The van der Waals surface area contributed by atoms with Crippen molar-refractivity contribution in [2.45, 2.75) is 42.5 Å². The molecule has 32 heavy (non-hydrogen) atoms. The molecule has 2 heterocycles. The second kappa shape index (κ2) is 8.35. The number of H-pyrrole nitrogens is 1. The summed E-state index contributed by atoms with van der Waals surface area (Å²) in [5.74, 6) is -4.62. The first-order chi connectivity index (χ1) is 17.4. The predicted octanol–water partition coefficient (Wildman–Crippen LogP) is 3.40. The molecular formula is C17H17F6N3O5S. The summed E-state index contributed by atoms with van der Waals surface area (Å²) in [5.41, 5.74) is -4.75. The number of anilines is 1. The number of nitrogens with zero attached hydrogens (tertiary/aromatic N) is 1. The zero-order chi connectivity index (χ0) is 29.8. The van der Waals surface area contributed by atoms with Gasteiger partial charge in [0.25, 0.3) is 15.9 Å². The van der Waals surface area contributed by atoms with E-state index in [2.05, 4.69) is 24.2 Å². The fourth-order valence-electron chi connectivity index (χ4n) is 3.19. The Morgan fingerprint density at radius 2 is 2.09 bits per heavy atom. The first kappa shape index (κ1) is 16.0. The fourth-order valence-corrected chi connectivity index (χ4v) is 4.50. The minimum Gasteiger partial charge on any atom is -0.479 e. The van der Waals surface area contributed by atoms with E-state index in [1.54, 1.807) is 4.72 Å². The van der Waals surface area contributed by atoms with Crippen LogP contribution in [0.1, 0.15) is 27.3 Å². The number of hydrogen-bond donors (Lipinski definition) is 2. The molecule has 2 aromatic heterocycles. The van der Waals surface area contributed by atoms with E-state index in [1.165, 1.54) is 0 Å². The summed E-state index contributed by atoms with van der Waals surface area (Å²) in [6, 6.07) is 0.171. The van der Waals surface area contributed by atoms with E-state index >= 15 is 0 Å². The quantitative estimate of drug-likeness (QED) is 0.570. The molecule has 8 nitrogen and oxygen atoms in total. The van der Waals surface area contributed by atoms with E-state index in [0.29, 0.717) is 0 Å². The largest absolute Gasteiger partial charge is 0.479 e. The van der Waals surface area contributed by atoms with E-state index in [0.717, 1.165) is 6.20 Å². The highest BCUT2D eigenvalue weighted by molar-refractivity contribution is 7.92. The van der Waals surface area contributed by atoms with Gasteiger partial charge in [0.15, 0.2) is 12.8 Å². The molecule has 1 aliphatic rings. The number of ether oxygens (including phenoxy) is 3. The van der Waals surface area contributed by atoms with E-state index in [9.17, 15) is 34.8 Å². The molecule has 0 radical (unpaired) electrons. The Kier molecular flexibility index (Phi) is 4.18. The maximum absolute atomic E-state index is 14.3. The van der Waals surface area contributed by atoms with Gasteiger partial charge in [-0.25, -0.2) is 12.8 Å². The van der Waals surface area contributed by atoms with Crippen molar-refractivity contribution in [2.75, 3.05) is 18.8 Å². The number of sulfonamides is 1. The number of methoxy groups -OCH3 is 2. The number of aromatic amines is 1. The number of nitrogens with one attached hydrogen (secondary N) is 2. The second-order valence-corrected chi connectivity index (χ2v) is 8.20. The maximum Gasteiger partial charge on any atom is 0.417 e. The molecule has 0 saturated carbocycles. The lowest BCUT2D eigenvalue weighted by atomic mass is 9.83. The standard InChI is InChI=1S/C17H17F6N3O5S/c1-29-14-10(5-9(18)13(25-14)31-15(19)20)26-32(27,28)12-7-24-11-6-16(30-2,17(21,22)23)4-3-8(11)12/h5,7,15,24,26H,3-4,6H2,1-2H3/t16-/m1/s1/i1D3,2D3,15D. The Morgan fingerprint density at radius 1 is 1.34 bits per heavy atom. The Hall–Kier alpha value is -2.68. The molecule has 1 atom stereocenters. The van der Waals surface area contributed by atoms with Crippen molar-refractivity contribution in [2.24, 2.45) is 0 Å². The van der Waals surface area contributed by atoms with Gasteiger partial charge in [-0.15, -0.1) is 0 Å². The molecular weight excluding hydrogens is 472 g/mol. The van der Waals surface area contributed by atoms with Crippen LogP contribution in [0.15, 0.2) is 17.2 Å². The Morgan fingerprint density at radius 3 is 2.72 bits per heavy atom. The van der Waals surface area contributed by atoms with Crippen LogP contribution in [0.5, 0.6) is 11.8 Å². The van der Waals surface area contributed by atoms with Crippen LogP contribution in [0.3, 0.4) is 0 Å². The summed E-state index contributed by atoms with van der Waals surface area (Å²) in [4.78, 5) is 4.70. The minimum atomic E-state index is -5.16. The highest BCUT2D eigenvalue weighted by atomic mass is 32.2. The lowest BCUT2D eigenvalue weighted by molar-refractivity contribution is -0.273. The van der Waals surface area contributed by atoms with Crippen molar-refractivity contribution in [1.29, 1.82) is 0 Å². The van der Waals surface area contributed by atoms with Crippen LogP contribution in [0.2, 0.25) is 0 Å². The third-order valence-electron chi connectivity index (χ3n) is 4.71. The normalized spacial score (nSPS) is 23.4. The number of halogens is 6. The highest BCUT2D eigenvalue weighted by Crippen LogP contribution is 2.44. The molecule has 3 rings (SSSR count). The fraction of sp³-hybridized carbons (Fsp3) is 0.471. The summed E-state index contributed by atoms with van der Waals surface area (Å²) in [7, 11) is -11.7. The minimum absolute atomic E-state index is 0.171. The first-order valence-corrected chi connectivity index (χ1v) is 9.85. The number of fused-ring (bicyclic) bond motifs is 1. The van der Waals surface area contributed by atoms with Crippen molar-refractivity contribution in [3.8, 4) is 11.8 Å². The van der Waals surface area contributed by atoms with Crippen LogP contribution in [0.25, 0.3) is 0 Å². The highest BCUT2D eigenvalue weighted by Gasteiger charge is 2.57. The van der Waals surface area contributed by atoms with Gasteiger partial charge < -0.3 is 19.2 Å². The lowest BCUT2D eigenvalue weighted by Crippen LogP contribution is -2.51. The van der Waals surface area contributed by atoms with Crippen molar-refractivity contribution >= 4 is 15.7 Å². The number of pyridine rings is 1. The average molecular weight is 496 g/mol. The van der Waals surface area contributed by atoms with Crippen LogP contribution < -0.4 is 14.2 Å². The molecule has 0 fully saturated rings. The molecule has 15 heteroatoms. The molecule has 2 aromatic rings. The van der Waals surface area contributed by atoms with E-state index in [4.69, 9.17) is 9.60 Å². The molecule has 2 N–H and O–H groups in total. The summed E-state index contributed by atoms with van der Waals surface area (Å²) in [5, 5.41) is 0. The number of alkyl halides is 5. The molecule has 0 unspecified atom stereocenters. The number of rotatable bonds is 7. The van der Waals surface area contributed by atoms with Gasteiger partial charge in [-0.2, -0.15) is 26.9 Å². The third kappa shape index (κ3) is 4.30. The van der Waals surface area contributed by atoms with Crippen molar-refractivity contribution in [3.05, 3.63) is 29.3 Å². The van der Waals surface area contributed by atoms with Gasteiger partial charge in [-0.05, 0) is 18.4 Å². The topological polar surface area (TPSA) is 103 Å². The van der Waals surface area contributed by atoms with Crippen LogP contribution in [0, 0.1) is 5.82 Å². The summed E-state index contributed by atoms with van der Waals surface area (Å²) < 4.78 is 171. The Bertz CT molecular complexity index is 1340. The SMILES string of the molecule is [2H]C([2H])([2H])Oc1nc(OC([2H])(F)F)c(F)cc1NS(=O)(=O)c1c[nH]c2c1CC[C@](OC([2H])([2H])[2H])(C(F)(F)F)C2. The lowest BCUT2D eigenvalue weighted by Gasteiger charge is -2.37. The van der Waals surface area contributed by atoms with E-state index in [-0.39, 0.29) is 17.3 Å². The Labute approximate surface area is 187 Å². The zero-order valence-electron chi connectivity index (χ0n) is 22.4. The van der Waals surface area contributed by atoms with Crippen molar-refractivity contribution in [3.63, 3.8) is 0 Å². The van der Waals surface area contributed by atoms with Gasteiger partial charge in [0.2, 0.25) is 5.88 Å². The van der Waals surface area contributed by atoms with Gasteiger partial charge in [0, 0.05) is 31.4 Å². The monoisotopic (exact) mass is 496 g/mol. The zero-order valence-corrected chi connectivity index (χ0v) is 16.3. The summed E-state index contributed by atoms with van der Waals surface area (Å²) in [6.07, 6.45) is -7.15. The molecule has 0 spiro atoms. The molecule has 0 saturated heterocycles. The smallest absolute Gasteiger partial charge is 0.417 e. The van der Waals surface area contributed by atoms with Crippen LogP contribution in [-0.4, -0.2) is 50.8 Å². The molecule has 0 amide bonds.